The van der Waals surface area contributed by atoms with Crippen LogP contribution in [0.5, 0.6) is 0 Å². The number of nitrogens with one attached hydrogen (secondary N) is 2. The van der Waals surface area contributed by atoms with E-state index in [0.717, 1.165) is 38.9 Å². The number of hydrogen-bond donors (Lipinski definition) is 2. The maximum atomic E-state index is 4.55. The maximum Gasteiger partial charge on any atom is 0.153 e. The third kappa shape index (κ3) is 2.84. The van der Waals surface area contributed by atoms with Crippen LogP contribution in [0.25, 0.3) is 16.7 Å². The maximum absolute atomic E-state index is 4.55. The van der Waals surface area contributed by atoms with Crippen molar-refractivity contribution >= 4 is 28.5 Å². The summed E-state index contributed by atoms with van der Waals surface area (Å²) < 4.78 is 5.22. The molecule has 1 aromatic carbocycles. The molecule has 0 spiro atoms. The summed E-state index contributed by atoms with van der Waals surface area (Å²) in [4.78, 5) is 5.57. The summed E-state index contributed by atoms with van der Waals surface area (Å²) in [6.45, 7) is 2.03. The molecular weight excluding hydrogens is 344 g/mol. The summed E-state index contributed by atoms with van der Waals surface area (Å²) in [5, 5.41) is 12.9. The third-order valence-corrected chi connectivity index (χ3v) is 5.42. The van der Waals surface area contributed by atoms with Crippen molar-refractivity contribution < 1.29 is 0 Å². The average molecular weight is 362 g/mol. The fraction of sp³-hybridized carbons (Fsp3) is 0.211. The van der Waals surface area contributed by atoms with Gasteiger partial charge in [-0.25, -0.2) is 9.67 Å². The largest absolute Gasteiger partial charge is 0.325 e. The van der Waals surface area contributed by atoms with Crippen LogP contribution in [0, 0.1) is 6.92 Å². The molecule has 0 radical (unpaired) electrons. The van der Waals surface area contributed by atoms with Gasteiger partial charge in [-0.1, -0.05) is 12.1 Å². The van der Waals surface area contributed by atoms with E-state index in [0.29, 0.717) is 0 Å². The number of H-pyrrole nitrogens is 1. The van der Waals surface area contributed by atoms with Gasteiger partial charge < -0.3 is 4.72 Å². The number of nitrogens with zero attached hydrogens (tertiary/aromatic N) is 4. The molecule has 130 valence electrons. The molecule has 0 atom stereocenters. The van der Waals surface area contributed by atoms with Crippen molar-refractivity contribution in [1.29, 1.82) is 0 Å². The SMILES string of the molecule is Cc1[nH]nc2cccc(NSc3cnn(-c4ccc(C5CC5)cn4)c3)c12. The highest BCUT2D eigenvalue weighted by Gasteiger charge is 2.23. The summed E-state index contributed by atoms with van der Waals surface area (Å²) in [6, 6.07) is 10.3. The Morgan fingerprint density at radius 3 is 2.92 bits per heavy atom. The van der Waals surface area contributed by atoms with Gasteiger partial charge in [0.2, 0.25) is 0 Å². The normalized spacial score (nSPS) is 14.0. The first kappa shape index (κ1) is 15.5. The van der Waals surface area contributed by atoms with E-state index in [1.165, 1.54) is 30.4 Å². The number of pyridine rings is 1. The van der Waals surface area contributed by atoms with Gasteiger partial charge in [0.1, 0.15) is 0 Å². The van der Waals surface area contributed by atoms with Crippen LogP contribution in [-0.4, -0.2) is 25.0 Å². The fourth-order valence-electron chi connectivity index (χ4n) is 3.10. The quantitative estimate of drug-likeness (QED) is 0.513. The van der Waals surface area contributed by atoms with Crippen molar-refractivity contribution in [3.05, 3.63) is 60.2 Å². The van der Waals surface area contributed by atoms with Crippen LogP contribution in [0.2, 0.25) is 0 Å². The standard InChI is InChI=1S/C19H18N6S/c1-12-19-16(23-22-12)3-2-4-17(19)24-26-15-10-21-25(11-15)18-8-7-14(9-20-18)13-5-6-13/h2-4,7-11,13,24H,5-6H2,1H3,(H,22,23). The Kier molecular flexibility index (Phi) is 3.67. The Morgan fingerprint density at radius 2 is 2.12 bits per heavy atom. The Labute approximate surface area is 155 Å². The molecule has 5 rings (SSSR count). The first-order valence-electron chi connectivity index (χ1n) is 8.65. The fourth-order valence-corrected chi connectivity index (χ4v) is 3.75. The lowest BCUT2D eigenvalue weighted by molar-refractivity contribution is 0.842. The molecule has 0 bridgehead atoms. The molecule has 1 fully saturated rings. The summed E-state index contributed by atoms with van der Waals surface area (Å²) in [5.41, 5.74) is 4.39. The molecule has 4 aromatic rings. The van der Waals surface area contributed by atoms with E-state index >= 15 is 0 Å². The number of anilines is 1. The van der Waals surface area contributed by atoms with E-state index in [9.17, 15) is 0 Å². The molecule has 26 heavy (non-hydrogen) atoms. The highest BCUT2D eigenvalue weighted by atomic mass is 32.2. The number of fused-ring (bicyclic) bond motifs is 1. The number of aromatic amines is 1. The molecule has 0 aliphatic heterocycles. The van der Waals surface area contributed by atoms with Gasteiger partial charge in [0.05, 0.1) is 22.3 Å². The zero-order valence-electron chi connectivity index (χ0n) is 14.3. The number of hydrogen-bond acceptors (Lipinski definition) is 5. The van der Waals surface area contributed by atoms with E-state index in [2.05, 4.69) is 37.1 Å². The van der Waals surface area contributed by atoms with Gasteiger partial charge in [-0.15, -0.1) is 0 Å². The van der Waals surface area contributed by atoms with E-state index < -0.39 is 0 Å². The van der Waals surface area contributed by atoms with Gasteiger partial charge in [-0.2, -0.15) is 10.2 Å². The number of aryl methyl sites for hydroxylation is 1. The van der Waals surface area contributed by atoms with Crippen molar-refractivity contribution in [1.82, 2.24) is 25.0 Å². The average Bonchev–Trinajstić information content (AvgIpc) is 3.30. The van der Waals surface area contributed by atoms with Crippen LogP contribution in [-0.2, 0) is 0 Å². The number of aromatic nitrogens is 5. The molecule has 2 N–H and O–H groups in total. The van der Waals surface area contributed by atoms with Gasteiger partial charge in [-0.3, -0.25) is 5.10 Å². The Hall–Kier alpha value is -2.80. The van der Waals surface area contributed by atoms with Crippen molar-refractivity contribution in [2.24, 2.45) is 0 Å². The Bertz CT molecular complexity index is 1060. The second-order valence-corrected chi connectivity index (χ2v) is 7.48. The minimum absolute atomic E-state index is 0.721. The first-order valence-corrected chi connectivity index (χ1v) is 9.47. The van der Waals surface area contributed by atoms with E-state index in [1.54, 1.807) is 0 Å². The topological polar surface area (TPSA) is 71.4 Å². The van der Waals surface area contributed by atoms with E-state index in [-0.39, 0.29) is 0 Å². The minimum Gasteiger partial charge on any atom is -0.325 e. The zero-order chi connectivity index (χ0) is 17.5. The van der Waals surface area contributed by atoms with Gasteiger partial charge in [0.15, 0.2) is 5.82 Å². The monoisotopic (exact) mass is 362 g/mol. The molecule has 3 heterocycles. The molecule has 6 nitrogen and oxygen atoms in total. The predicted molar refractivity (Wildman–Crippen MR) is 104 cm³/mol. The zero-order valence-corrected chi connectivity index (χ0v) is 15.1. The lowest BCUT2D eigenvalue weighted by Crippen LogP contribution is -1.97. The van der Waals surface area contributed by atoms with Crippen molar-refractivity contribution in [2.75, 3.05) is 4.72 Å². The molecular formula is C19H18N6S. The first-order chi connectivity index (χ1) is 12.8. The summed E-state index contributed by atoms with van der Waals surface area (Å²) in [6.07, 6.45) is 8.38. The van der Waals surface area contributed by atoms with Gasteiger partial charge in [0.25, 0.3) is 0 Å². The van der Waals surface area contributed by atoms with Crippen LogP contribution >= 0.6 is 11.9 Å². The van der Waals surface area contributed by atoms with E-state index in [4.69, 9.17) is 0 Å². The second-order valence-electron chi connectivity index (χ2n) is 6.60. The summed E-state index contributed by atoms with van der Waals surface area (Å²) >= 11 is 1.53. The van der Waals surface area contributed by atoms with Crippen LogP contribution < -0.4 is 4.72 Å². The smallest absolute Gasteiger partial charge is 0.153 e. The van der Waals surface area contributed by atoms with Crippen LogP contribution in [0.1, 0.15) is 30.0 Å². The highest BCUT2D eigenvalue weighted by Crippen LogP contribution is 2.39. The lowest BCUT2D eigenvalue weighted by Gasteiger charge is -2.05. The molecule has 1 aliphatic carbocycles. The van der Waals surface area contributed by atoms with Crippen LogP contribution in [0.15, 0.2) is 53.8 Å². The Balaban J connectivity index is 1.33. The number of benzene rings is 1. The second kappa shape index (κ2) is 6.17. The molecule has 7 heteroatoms. The predicted octanol–water partition coefficient (Wildman–Crippen LogP) is 4.45. The van der Waals surface area contributed by atoms with Crippen LogP contribution in [0.4, 0.5) is 5.69 Å². The van der Waals surface area contributed by atoms with Crippen molar-refractivity contribution in [2.45, 2.75) is 30.6 Å². The Morgan fingerprint density at radius 1 is 1.19 bits per heavy atom. The third-order valence-electron chi connectivity index (χ3n) is 4.65. The molecule has 1 aliphatic rings. The van der Waals surface area contributed by atoms with Gasteiger partial charge >= 0.3 is 0 Å². The minimum atomic E-state index is 0.721. The van der Waals surface area contributed by atoms with Gasteiger partial charge in [-0.05, 0) is 61.4 Å². The molecule has 1 saturated carbocycles. The highest BCUT2D eigenvalue weighted by molar-refractivity contribution is 8.00. The van der Waals surface area contributed by atoms with Crippen molar-refractivity contribution in [3.63, 3.8) is 0 Å². The van der Waals surface area contributed by atoms with Crippen molar-refractivity contribution in [3.8, 4) is 5.82 Å². The van der Waals surface area contributed by atoms with Crippen LogP contribution in [0.3, 0.4) is 0 Å². The van der Waals surface area contributed by atoms with E-state index in [1.807, 2.05) is 48.4 Å². The molecule has 3 aromatic heterocycles. The molecule has 0 saturated heterocycles. The summed E-state index contributed by atoms with van der Waals surface area (Å²) in [5.74, 6) is 1.56. The lowest BCUT2D eigenvalue weighted by atomic mass is 10.2. The number of rotatable bonds is 5. The van der Waals surface area contributed by atoms with Gasteiger partial charge in [0, 0.05) is 23.5 Å². The molecule has 0 amide bonds. The summed E-state index contributed by atoms with van der Waals surface area (Å²) in [7, 11) is 0. The molecule has 0 unspecified atom stereocenters.